The fraction of sp³-hybridized carbons (Fsp3) is 0.647. The first-order valence-electron chi connectivity index (χ1n) is 7.53. The Hall–Kier alpha value is -0.860. The maximum absolute atomic E-state index is 5.77. The van der Waals surface area contributed by atoms with Crippen LogP contribution in [0.1, 0.15) is 49.4 Å². The molecule has 0 saturated carbocycles. The lowest BCUT2D eigenvalue weighted by Crippen LogP contribution is -2.29. The summed E-state index contributed by atoms with van der Waals surface area (Å²) < 4.78 is 5.77. The molecule has 0 amide bonds. The molecule has 2 rings (SSSR count). The van der Waals surface area contributed by atoms with Gasteiger partial charge in [-0.2, -0.15) is 0 Å². The van der Waals surface area contributed by atoms with Crippen LogP contribution in [0.15, 0.2) is 18.2 Å². The van der Waals surface area contributed by atoms with Crippen LogP contribution in [-0.4, -0.2) is 19.3 Å². The Morgan fingerprint density at radius 1 is 1.26 bits per heavy atom. The summed E-state index contributed by atoms with van der Waals surface area (Å²) in [5.74, 6) is 0.600. The zero-order valence-corrected chi connectivity index (χ0v) is 12.7. The van der Waals surface area contributed by atoms with E-state index in [1.165, 1.54) is 23.1 Å². The number of hydrogen-bond acceptors (Lipinski definition) is 2. The minimum Gasteiger partial charge on any atom is -0.378 e. The normalized spacial score (nSPS) is 24.6. The molecule has 2 heteroatoms. The van der Waals surface area contributed by atoms with Crippen LogP contribution >= 0.6 is 0 Å². The van der Waals surface area contributed by atoms with Gasteiger partial charge in [0.1, 0.15) is 0 Å². The summed E-state index contributed by atoms with van der Waals surface area (Å²) >= 11 is 0. The van der Waals surface area contributed by atoms with Gasteiger partial charge in [0.15, 0.2) is 0 Å². The highest BCUT2D eigenvalue weighted by Gasteiger charge is 2.30. The summed E-state index contributed by atoms with van der Waals surface area (Å²) in [6.07, 6.45) is 2.74. The van der Waals surface area contributed by atoms with Crippen molar-refractivity contribution in [1.29, 1.82) is 0 Å². The van der Waals surface area contributed by atoms with Crippen molar-refractivity contribution in [3.63, 3.8) is 0 Å². The van der Waals surface area contributed by atoms with Gasteiger partial charge in [0.05, 0.1) is 12.7 Å². The predicted octanol–water partition coefficient (Wildman–Crippen LogP) is 3.77. The molecule has 0 spiro atoms. The molecule has 2 nitrogen and oxygen atoms in total. The van der Waals surface area contributed by atoms with Gasteiger partial charge in [-0.15, -0.1) is 0 Å². The highest BCUT2D eigenvalue weighted by atomic mass is 16.5. The summed E-state index contributed by atoms with van der Waals surface area (Å²) in [6, 6.07) is 7.32. The van der Waals surface area contributed by atoms with E-state index < -0.39 is 0 Å². The second kappa shape index (κ2) is 6.53. The van der Waals surface area contributed by atoms with E-state index >= 15 is 0 Å². The van der Waals surface area contributed by atoms with Crippen LogP contribution in [-0.2, 0) is 4.74 Å². The second-order valence-corrected chi connectivity index (χ2v) is 5.99. The largest absolute Gasteiger partial charge is 0.378 e. The average Bonchev–Trinajstić information content (AvgIpc) is 2.75. The second-order valence-electron chi connectivity index (χ2n) is 5.99. The van der Waals surface area contributed by atoms with Crippen LogP contribution < -0.4 is 5.32 Å². The minimum atomic E-state index is 0.404. The quantitative estimate of drug-likeness (QED) is 0.871. The molecule has 1 aliphatic rings. The van der Waals surface area contributed by atoms with Crippen molar-refractivity contribution in [3.05, 3.63) is 34.9 Å². The lowest BCUT2D eigenvalue weighted by atomic mass is 9.89. The van der Waals surface area contributed by atoms with Crippen molar-refractivity contribution < 1.29 is 4.74 Å². The van der Waals surface area contributed by atoms with Gasteiger partial charge in [-0.05, 0) is 45.7 Å². The van der Waals surface area contributed by atoms with E-state index in [1.54, 1.807) is 0 Å². The van der Waals surface area contributed by atoms with Crippen molar-refractivity contribution in [3.8, 4) is 0 Å². The van der Waals surface area contributed by atoms with Crippen molar-refractivity contribution >= 4 is 0 Å². The zero-order chi connectivity index (χ0) is 13.8. The van der Waals surface area contributed by atoms with Crippen LogP contribution in [0.25, 0.3) is 0 Å². The molecule has 1 aromatic rings. The smallest absolute Gasteiger partial charge is 0.0551 e. The molecular weight excluding hydrogens is 234 g/mol. The summed E-state index contributed by atoms with van der Waals surface area (Å²) in [7, 11) is 0. The van der Waals surface area contributed by atoms with Gasteiger partial charge >= 0.3 is 0 Å². The monoisotopic (exact) mass is 261 g/mol. The average molecular weight is 261 g/mol. The molecule has 3 atom stereocenters. The van der Waals surface area contributed by atoms with Gasteiger partial charge in [0.25, 0.3) is 0 Å². The summed E-state index contributed by atoms with van der Waals surface area (Å²) in [5, 5.41) is 3.72. The van der Waals surface area contributed by atoms with E-state index in [1.807, 2.05) is 0 Å². The maximum atomic E-state index is 5.77. The van der Waals surface area contributed by atoms with E-state index in [9.17, 15) is 0 Å². The highest BCUT2D eigenvalue weighted by Crippen LogP contribution is 2.32. The Labute approximate surface area is 117 Å². The standard InChI is InChI=1S/C17H27NO/c1-5-6-18-17(16-10-14(4)19-11-16)15-8-12(2)7-13(3)9-15/h7-9,14,16-18H,5-6,10-11H2,1-4H3. The zero-order valence-electron chi connectivity index (χ0n) is 12.7. The SMILES string of the molecule is CCCNC(c1cc(C)cc(C)c1)C1COC(C)C1. The highest BCUT2D eigenvalue weighted by molar-refractivity contribution is 5.31. The van der Waals surface area contributed by atoms with Gasteiger partial charge in [-0.25, -0.2) is 0 Å². The lowest BCUT2D eigenvalue weighted by Gasteiger charge is -2.25. The van der Waals surface area contributed by atoms with Crippen LogP contribution in [0, 0.1) is 19.8 Å². The van der Waals surface area contributed by atoms with Gasteiger partial charge < -0.3 is 10.1 Å². The number of aryl methyl sites for hydroxylation is 2. The summed E-state index contributed by atoms with van der Waals surface area (Å²) in [5.41, 5.74) is 4.13. The number of hydrogen-bond donors (Lipinski definition) is 1. The summed E-state index contributed by atoms with van der Waals surface area (Å²) in [6.45, 7) is 10.7. The summed E-state index contributed by atoms with van der Waals surface area (Å²) in [4.78, 5) is 0. The van der Waals surface area contributed by atoms with E-state index in [-0.39, 0.29) is 0 Å². The Balaban J connectivity index is 2.20. The van der Waals surface area contributed by atoms with E-state index in [2.05, 4.69) is 51.2 Å². The third-order valence-corrected chi connectivity index (χ3v) is 3.92. The Bertz CT molecular complexity index is 395. The van der Waals surface area contributed by atoms with Gasteiger partial charge in [-0.1, -0.05) is 36.2 Å². The molecule has 0 aliphatic carbocycles. The molecule has 1 saturated heterocycles. The third kappa shape index (κ3) is 3.80. The number of ether oxygens (including phenoxy) is 1. The van der Waals surface area contributed by atoms with Gasteiger partial charge in [0, 0.05) is 12.0 Å². The fourth-order valence-electron chi connectivity index (χ4n) is 3.13. The van der Waals surface area contributed by atoms with Crippen LogP contribution in [0.3, 0.4) is 0 Å². The molecule has 1 aliphatic heterocycles. The molecule has 19 heavy (non-hydrogen) atoms. The van der Waals surface area contributed by atoms with Crippen LogP contribution in [0.5, 0.6) is 0 Å². The predicted molar refractivity (Wildman–Crippen MR) is 80.5 cm³/mol. The van der Waals surface area contributed by atoms with Crippen molar-refractivity contribution in [2.75, 3.05) is 13.2 Å². The molecule has 3 unspecified atom stereocenters. The first-order valence-corrected chi connectivity index (χ1v) is 7.53. The Morgan fingerprint density at radius 3 is 2.47 bits per heavy atom. The topological polar surface area (TPSA) is 21.3 Å². The molecule has 0 aromatic heterocycles. The number of benzene rings is 1. The molecule has 0 bridgehead atoms. The van der Waals surface area contributed by atoms with Crippen molar-refractivity contribution in [2.45, 2.75) is 52.7 Å². The number of nitrogens with one attached hydrogen (secondary N) is 1. The maximum Gasteiger partial charge on any atom is 0.0551 e. The Kier molecular flexibility index (Phi) is 5.00. The van der Waals surface area contributed by atoms with E-state index in [4.69, 9.17) is 4.74 Å². The molecule has 0 radical (unpaired) electrons. The molecule has 1 N–H and O–H groups in total. The van der Waals surface area contributed by atoms with Crippen LogP contribution in [0.4, 0.5) is 0 Å². The fourth-order valence-corrected chi connectivity index (χ4v) is 3.13. The first-order chi connectivity index (χ1) is 9.10. The van der Waals surface area contributed by atoms with Gasteiger partial charge in [0.2, 0.25) is 0 Å². The van der Waals surface area contributed by atoms with E-state index in [0.717, 1.165) is 19.6 Å². The van der Waals surface area contributed by atoms with Gasteiger partial charge in [-0.3, -0.25) is 0 Å². The van der Waals surface area contributed by atoms with Crippen molar-refractivity contribution in [1.82, 2.24) is 5.32 Å². The van der Waals surface area contributed by atoms with E-state index in [0.29, 0.717) is 18.1 Å². The van der Waals surface area contributed by atoms with Crippen LogP contribution in [0.2, 0.25) is 0 Å². The molecule has 106 valence electrons. The molecule has 1 heterocycles. The molecular formula is C17H27NO. The minimum absolute atomic E-state index is 0.404. The first kappa shape index (κ1) is 14.5. The Morgan fingerprint density at radius 2 is 1.95 bits per heavy atom. The third-order valence-electron chi connectivity index (χ3n) is 3.92. The van der Waals surface area contributed by atoms with Crippen molar-refractivity contribution in [2.24, 2.45) is 5.92 Å². The molecule has 1 aromatic carbocycles. The molecule has 1 fully saturated rings. The number of rotatable bonds is 5. The lowest BCUT2D eigenvalue weighted by molar-refractivity contribution is 0.117.